The van der Waals surface area contributed by atoms with Gasteiger partial charge >= 0.3 is 12.1 Å². The van der Waals surface area contributed by atoms with E-state index >= 15 is 0 Å². The fraction of sp³-hybridized carbons (Fsp3) is 0.778. The van der Waals surface area contributed by atoms with E-state index in [4.69, 9.17) is 5.11 Å². The van der Waals surface area contributed by atoms with Crippen molar-refractivity contribution in [3.05, 3.63) is 0 Å². The Morgan fingerprint density at radius 3 is 2.64 bits per heavy atom. The predicted octanol–water partition coefficient (Wildman–Crippen LogP) is 0.938. The van der Waals surface area contributed by atoms with Crippen molar-refractivity contribution in [1.29, 1.82) is 0 Å². The second-order valence-electron chi connectivity index (χ2n) is 3.49. The normalized spacial score (nSPS) is 27.1. The van der Waals surface area contributed by atoms with Crippen LogP contribution in [0.3, 0.4) is 0 Å². The summed E-state index contributed by atoms with van der Waals surface area (Å²) in [5.74, 6) is -0.631. The number of nitrogens with zero attached hydrogens (tertiary/aromatic N) is 1. The number of piperidine rings is 1. The van der Waals surface area contributed by atoms with Gasteiger partial charge in [-0.1, -0.05) is 0 Å². The van der Waals surface area contributed by atoms with Gasteiger partial charge in [0.2, 0.25) is 0 Å². The molecule has 1 rings (SSSR count). The van der Waals surface area contributed by atoms with Crippen molar-refractivity contribution in [2.24, 2.45) is 5.92 Å². The number of carbonyl (C=O) groups excluding carboxylic acids is 1. The molecule has 5 nitrogen and oxygen atoms in total. The van der Waals surface area contributed by atoms with Gasteiger partial charge in [0.15, 0.2) is 0 Å². The van der Waals surface area contributed by atoms with Crippen LogP contribution in [-0.4, -0.2) is 41.8 Å². The highest BCUT2D eigenvalue weighted by Crippen LogP contribution is 2.24. The van der Waals surface area contributed by atoms with Crippen LogP contribution in [0.4, 0.5) is 4.79 Å². The van der Waals surface area contributed by atoms with Crippen molar-refractivity contribution >= 4 is 12.1 Å². The molecule has 1 fully saturated rings. The van der Waals surface area contributed by atoms with E-state index < -0.39 is 6.09 Å². The number of carbonyl (C=O) groups is 2. The lowest BCUT2D eigenvalue weighted by Crippen LogP contribution is -2.48. The molecular formula is C9H15NO4. The summed E-state index contributed by atoms with van der Waals surface area (Å²) in [6, 6.07) is -0.284. The minimum Gasteiger partial charge on any atom is -0.469 e. The zero-order valence-electron chi connectivity index (χ0n) is 8.40. The minimum atomic E-state index is -0.967. The number of esters is 1. The predicted molar refractivity (Wildman–Crippen MR) is 48.9 cm³/mol. The fourth-order valence-electron chi connectivity index (χ4n) is 1.88. The summed E-state index contributed by atoms with van der Waals surface area (Å²) >= 11 is 0. The number of likely N-dealkylation sites (tertiary alicyclic amines) is 1. The number of hydrogen-bond acceptors (Lipinski definition) is 3. The molecule has 5 heteroatoms. The van der Waals surface area contributed by atoms with Crippen molar-refractivity contribution in [2.75, 3.05) is 13.7 Å². The van der Waals surface area contributed by atoms with Gasteiger partial charge in [0.05, 0.1) is 13.0 Å². The van der Waals surface area contributed by atoms with Gasteiger partial charge in [-0.25, -0.2) is 4.79 Å². The fourth-order valence-corrected chi connectivity index (χ4v) is 1.88. The van der Waals surface area contributed by atoms with Gasteiger partial charge in [-0.3, -0.25) is 4.79 Å². The Morgan fingerprint density at radius 1 is 1.50 bits per heavy atom. The summed E-state index contributed by atoms with van der Waals surface area (Å²) in [6.45, 7) is 2.25. The SMILES string of the molecule is COC(=O)C1CCCN(C(=O)O)C1C. The van der Waals surface area contributed by atoms with Gasteiger partial charge in [-0.2, -0.15) is 0 Å². The second kappa shape index (κ2) is 4.30. The van der Waals surface area contributed by atoms with Crippen molar-refractivity contribution in [3.8, 4) is 0 Å². The Hall–Kier alpha value is -1.26. The standard InChI is InChI=1S/C9H15NO4/c1-6-7(8(11)14-2)4-3-5-10(6)9(12)13/h6-7H,3-5H2,1-2H3,(H,12,13). The molecule has 0 saturated carbocycles. The number of hydrogen-bond donors (Lipinski definition) is 1. The van der Waals surface area contributed by atoms with Gasteiger partial charge < -0.3 is 14.7 Å². The van der Waals surface area contributed by atoms with Crippen LogP contribution in [0.25, 0.3) is 0 Å². The highest BCUT2D eigenvalue weighted by molar-refractivity contribution is 5.75. The summed E-state index contributed by atoms with van der Waals surface area (Å²) in [4.78, 5) is 23.4. The molecule has 0 bridgehead atoms. The smallest absolute Gasteiger partial charge is 0.407 e. The summed E-state index contributed by atoms with van der Waals surface area (Å²) in [5, 5.41) is 8.85. The van der Waals surface area contributed by atoms with E-state index in [0.717, 1.165) is 6.42 Å². The van der Waals surface area contributed by atoms with Crippen molar-refractivity contribution in [1.82, 2.24) is 4.90 Å². The lowest BCUT2D eigenvalue weighted by atomic mass is 9.90. The molecule has 0 aromatic carbocycles. The van der Waals surface area contributed by atoms with Crippen LogP contribution in [0.2, 0.25) is 0 Å². The second-order valence-corrected chi connectivity index (χ2v) is 3.49. The molecular weight excluding hydrogens is 186 g/mol. The molecule has 0 radical (unpaired) electrons. The summed E-state index contributed by atoms with van der Waals surface area (Å²) in [6.07, 6.45) is 0.458. The quantitative estimate of drug-likeness (QED) is 0.641. The van der Waals surface area contributed by atoms with Gasteiger partial charge in [0, 0.05) is 12.6 Å². The number of carboxylic acid groups (broad SMARTS) is 1. The Bertz CT molecular complexity index is 241. The van der Waals surface area contributed by atoms with Crippen LogP contribution in [0.1, 0.15) is 19.8 Å². The van der Waals surface area contributed by atoms with Crippen molar-refractivity contribution in [2.45, 2.75) is 25.8 Å². The van der Waals surface area contributed by atoms with Gasteiger partial charge in [0.25, 0.3) is 0 Å². The van der Waals surface area contributed by atoms with Gasteiger partial charge in [0.1, 0.15) is 0 Å². The molecule has 1 N–H and O–H groups in total. The summed E-state index contributed by atoms with van der Waals surface area (Å²) in [7, 11) is 1.33. The maximum absolute atomic E-state index is 11.3. The van der Waals surface area contributed by atoms with E-state index in [1.165, 1.54) is 12.0 Å². The first-order valence-corrected chi connectivity index (χ1v) is 4.65. The van der Waals surface area contributed by atoms with Gasteiger partial charge in [-0.05, 0) is 19.8 Å². The average molecular weight is 201 g/mol. The Morgan fingerprint density at radius 2 is 2.14 bits per heavy atom. The number of methoxy groups -OCH3 is 1. The summed E-state index contributed by atoms with van der Waals surface area (Å²) < 4.78 is 4.63. The van der Waals surface area contributed by atoms with Crippen LogP contribution in [0, 0.1) is 5.92 Å². The maximum Gasteiger partial charge on any atom is 0.407 e. The highest BCUT2D eigenvalue weighted by atomic mass is 16.5. The third-order valence-corrected chi connectivity index (χ3v) is 2.74. The first-order valence-electron chi connectivity index (χ1n) is 4.65. The van der Waals surface area contributed by atoms with Crippen LogP contribution in [-0.2, 0) is 9.53 Å². The molecule has 1 amide bonds. The largest absolute Gasteiger partial charge is 0.469 e. The molecule has 0 aliphatic carbocycles. The maximum atomic E-state index is 11.3. The van der Waals surface area contributed by atoms with E-state index in [1.54, 1.807) is 6.92 Å². The van der Waals surface area contributed by atoms with Crippen LogP contribution < -0.4 is 0 Å². The Labute approximate surface area is 82.6 Å². The lowest BCUT2D eigenvalue weighted by Gasteiger charge is -2.35. The minimum absolute atomic E-state index is 0.284. The third kappa shape index (κ3) is 1.97. The van der Waals surface area contributed by atoms with E-state index in [1.807, 2.05) is 0 Å². The first kappa shape index (κ1) is 10.8. The van der Waals surface area contributed by atoms with E-state index in [9.17, 15) is 9.59 Å². The van der Waals surface area contributed by atoms with Crippen LogP contribution in [0.15, 0.2) is 0 Å². The molecule has 2 unspecified atom stereocenters. The average Bonchev–Trinajstić information content (AvgIpc) is 2.16. The number of ether oxygens (including phenoxy) is 1. The zero-order valence-corrected chi connectivity index (χ0v) is 8.40. The number of amides is 1. The highest BCUT2D eigenvalue weighted by Gasteiger charge is 2.35. The van der Waals surface area contributed by atoms with E-state index in [-0.39, 0.29) is 17.9 Å². The van der Waals surface area contributed by atoms with Crippen molar-refractivity contribution < 1.29 is 19.4 Å². The molecule has 1 aliphatic rings. The molecule has 1 heterocycles. The van der Waals surface area contributed by atoms with Crippen LogP contribution >= 0.6 is 0 Å². The monoisotopic (exact) mass is 201 g/mol. The molecule has 0 aromatic rings. The Balaban J connectivity index is 2.70. The third-order valence-electron chi connectivity index (χ3n) is 2.74. The lowest BCUT2D eigenvalue weighted by molar-refractivity contribution is -0.148. The van der Waals surface area contributed by atoms with E-state index in [2.05, 4.69) is 4.74 Å². The van der Waals surface area contributed by atoms with Crippen molar-refractivity contribution in [3.63, 3.8) is 0 Å². The molecule has 1 aliphatic heterocycles. The topological polar surface area (TPSA) is 66.8 Å². The van der Waals surface area contributed by atoms with E-state index in [0.29, 0.717) is 13.0 Å². The zero-order chi connectivity index (χ0) is 10.7. The molecule has 2 atom stereocenters. The molecule has 1 saturated heterocycles. The Kier molecular flexibility index (Phi) is 3.33. The molecule has 0 aromatic heterocycles. The number of rotatable bonds is 1. The summed E-state index contributed by atoms with van der Waals surface area (Å²) in [5.41, 5.74) is 0. The molecule has 80 valence electrons. The first-order chi connectivity index (χ1) is 6.57. The molecule has 0 spiro atoms. The molecule has 14 heavy (non-hydrogen) atoms. The van der Waals surface area contributed by atoms with Crippen LogP contribution in [0.5, 0.6) is 0 Å². The van der Waals surface area contributed by atoms with Gasteiger partial charge in [-0.15, -0.1) is 0 Å².